The second kappa shape index (κ2) is 9.02. The van der Waals surface area contributed by atoms with Crippen LogP contribution in [0.2, 0.25) is 10.0 Å². The second-order valence-corrected chi connectivity index (χ2v) is 8.63. The van der Waals surface area contributed by atoms with E-state index in [0.717, 1.165) is 16.8 Å². The van der Waals surface area contributed by atoms with Gasteiger partial charge in [-0.05, 0) is 38.0 Å². The summed E-state index contributed by atoms with van der Waals surface area (Å²) >= 11 is 13.3. The van der Waals surface area contributed by atoms with Crippen LogP contribution in [0.4, 0.5) is 5.69 Å². The van der Waals surface area contributed by atoms with Crippen molar-refractivity contribution in [3.63, 3.8) is 0 Å². The van der Waals surface area contributed by atoms with E-state index >= 15 is 0 Å². The maximum Gasteiger partial charge on any atom is 0.243 e. The number of aryl methyl sites for hydroxylation is 2. The number of hydrogen-bond acceptors (Lipinski definition) is 5. The maximum absolute atomic E-state index is 12.4. The fourth-order valence-corrected chi connectivity index (χ4v) is 4.06. The molecule has 1 unspecified atom stereocenters. The third kappa shape index (κ3) is 5.01. The number of pyridine rings is 1. The Morgan fingerprint density at radius 3 is 2.59 bits per heavy atom. The second-order valence-electron chi connectivity index (χ2n) is 6.48. The monoisotopic (exact) mass is 451 g/mol. The Bertz CT molecular complexity index is 1070. The summed E-state index contributed by atoms with van der Waals surface area (Å²) in [5.41, 5.74) is 3.14. The molecule has 0 bridgehead atoms. The fourth-order valence-electron chi connectivity index (χ4n) is 2.70. The Balaban J connectivity index is 1.59. The van der Waals surface area contributed by atoms with E-state index in [9.17, 15) is 9.59 Å². The van der Waals surface area contributed by atoms with Gasteiger partial charge in [0.05, 0.1) is 21.8 Å². The largest absolute Gasteiger partial charge is 0.346 e. The average molecular weight is 452 g/mol. The molecule has 0 radical (unpaired) electrons. The number of anilines is 1. The fraction of sp³-hybridized carbons (Fsp3) is 0.263. The van der Waals surface area contributed by atoms with Crippen LogP contribution >= 0.6 is 35.0 Å². The summed E-state index contributed by atoms with van der Waals surface area (Å²) in [6.07, 6.45) is 1.63. The Kier molecular flexibility index (Phi) is 6.66. The number of carbonyl (C=O) groups is 2. The van der Waals surface area contributed by atoms with Crippen LogP contribution in [-0.2, 0) is 9.59 Å². The molecule has 0 aliphatic heterocycles. The van der Waals surface area contributed by atoms with Gasteiger partial charge >= 0.3 is 0 Å². The molecule has 3 aromatic rings. The van der Waals surface area contributed by atoms with E-state index in [1.807, 2.05) is 32.0 Å². The standard InChI is InChI=1S/C19H19Cl2N5O2S/c1-10-5-4-6-11(2)16(10)23-15(27)8-22-18(28)12(3)29-19-25-24-17-14(21)7-13(20)9-26(17)19/h4-7,9,12H,8H2,1-3H3,(H,22,28)(H,23,27). The minimum atomic E-state index is -0.506. The molecule has 0 fully saturated rings. The van der Waals surface area contributed by atoms with Gasteiger partial charge in [0.25, 0.3) is 0 Å². The summed E-state index contributed by atoms with van der Waals surface area (Å²) in [4.78, 5) is 24.6. The van der Waals surface area contributed by atoms with Crippen LogP contribution < -0.4 is 10.6 Å². The van der Waals surface area contributed by atoms with Gasteiger partial charge in [0.15, 0.2) is 10.8 Å². The van der Waals surface area contributed by atoms with Crippen molar-refractivity contribution in [2.75, 3.05) is 11.9 Å². The van der Waals surface area contributed by atoms with Gasteiger partial charge in [-0.1, -0.05) is 53.2 Å². The van der Waals surface area contributed by atoms with Crippen LogP contribution in [0.5, 0.6) is 0 Å². The molecule has 1 atom stereocenters. The molecule has 2 amide bonds. The van der Waals surface area contributed by atoms with Gasteiger partial charge < -0.3 is 10.6 Å². The zero-order valence-electron chi connectivity index (χ0n) is 16.0. The van der Waals surface area contributed by atoms with E-state index in [4.69, 9.17) is 23.2 Å². The van der Waals surface area contributed by atoms with Crippen molar-refractivity contribution in [3.05, 3.63) is 51.6 Å². The first-order valence-corrected chi connectivity index (χ1v) is 10.4. The lowest BCUT2D eigenvalue weighted by Gasteiger charge is -2.13. The van der Waals surface area contributed by atoms with E-state index < -0.39 is 5.25 Å². The van der Waals surface area contributed by atoms with Crippen molar-refractivity contribution < 1.29 is 9.59 Å². The maximum atomic E-state index is 12.4. The molecule has 1 aromatic carbocycles. The minimum Gasteiger partial charge on any atom is -0.346 e. The Morgan fingerprint density at radius 2 is 1.90 bits per heavy atom. The third-order valence-electron chi connectivity index (χ3n) is 4.22. The number of nitrogens with one attached hydrogen (secondary N) is 2. The first-order chi connectivity index (χ1) is 13.8. The van der Waals surface area contributed by atoms with Crippen LogP contribution in [-0.4, -0.2) is 38.2 Å². The third-order valence-corrected chi connectivity index (χ3v) is 5.76. The van der Waals surface area contributed by atoms with Gasteiger partial charge in [-0.15, -0.1) is 10.2 Å². The summed E-state index contributed by atoms with van der Waals surface area (Å²) < 4.78 is 1.63. The van der Waals surface area contributed by atoms with Crippen molar-refractivity contribution >= 4 is 58.1 Å². The average Bonchev–Trinajstić information content (AvgIpc) is 3.05. The molecule has 0 aliphatic carbocycles. The van der Waals surface area contributed by atoms with Gasteiger partial charge in [-0.25, -0.2) is 0 Å². The van der Waals surface area contributed by atoms with Gasteiger partial charge in [-0.3, -0.25) is 14.0 Å². The summed E-state index contributed by atoms with van der Waals surface area (Å²) in [5.74, 6) is -0.587. The molecule has 3 rings (SSSR count). The van der Waals surface area contributed by atoms with Crippen LogP contribution in [0.25, 0.3) is 5.65 Å². The lowest BCUT2D eigenvalue weighted by Crippen LogP contribution is -2.37. The van der Waals surface area contributed by atoms with Crippen molar-refractivity contribution in [3.8, 4) is 0 Å². The smallest absolute Gasteiger partial charge is 0.243 e. The zero-order chi connectivity index (χ0) is 21.1. The van der Waals surface area contributed by atoms with E-state index in [-0.39, 0.29) is 18.4 Å². The van der Waals surface area contributed by atoms with Crippen molar-refractivity contribution in [1.29, 1.82) is 0 Å². The Morgan fingerprint density at radius 1 is 1.21 bits per heavy atom. The van der Waals surface area contributed by atoms with Crippen LogP contribution in [0.1, 0.15) is 18.1 Å². The molecule has 2 heterocycles. The van der Waals surface area contributed by atoms with E-state index in [1.54, 1.807) is 23.6 Å². The molecule has 0 spiro atoms. The highest BCUT2D eigenvalue weighted by Gasteiger charge is 2.20. The Labute approximate surface area is 182 Å². The van der Waals surface area contributed by atoms with Gasteiger partial charge in [0.1, 0.15) is 0 Å². The van der Waals surface area contributed by atoms with Gasteiger partial charge in [-0.2, -0.15) is 0 Å². The summed E-state index contributed by atoms with van der Waals surface area (Å²) in [6, 6.07) is 7.34. The first kappa shape index (κ1) is 21.4. The molecule has 0 aliphatic rings. The van der Waals surface area contributed by atoms with Gasteiger partial charge in [0, 0.05) is 11.9 Å². The Hall–Kier alpha value is -2.29. The number of carbonyl (C=O) groups excluding carboxylic acids is 2. The number of hydrogen-bond donors (Lipinski definition) is 2. The van der Waals surface area contributed by atoms with E-state index in [0.29, 0.717) is 20.8 Å². The SMILES string of the molecule is Cc1cccc(C)c1NC(=O)CNC(=O)C(C)Sc1nnc2c(Cl)cc(Cl)cn12. The molecule has 29 heavy (non-hydrogen) atoms. The van der Waals surface area contributed by atoms with Crippen molar-refractivity contribution in [2.24, 2.45) is 0 Å². The molecule has 7 nitrogen and oxygen atoms in total. The topological polar surface area (TPSA) is 88.4 Å². The predicted octanol–water partition coefficient (Wildman–Crippen LogP) is 3.89. The van der Waals surface area contributed by atoms with E-state index in [1.165, 1.54) is 11.8 Å². The van der Waals surface area contributed by atoms with Gasteiger partial charge in [0.2, 0.25) is 11.8 Å². The minimum absolute atomic E-state index is 0.129. The molecular weight excluding hydrogens is 433 g/mol. The first-order valence-electron chi connectivity index (χ1n) is 8.76. The zero-order valence-corrected chi connectivity index (χ0v) is 18.3. The number of halogens is 2. The highest BCUT2D eigenvalue weighted by molar-refractivity contribution is 8.00. The van der Waals surface area contributed by atoms with Crippen LogP contribution in [0, 0.1) is 13.8 Å². The molecule has 2 aromatic heterocycles. The van der Waals surface area contributed by atoms with E-state index in [2.05, 4.69) is 20.8 Å². The van der Waals surface area contributed by atoms with Crippen molar-refractivity contribution in [1.82, 2.24) is 19.9 Å². The van der Waals surface area contributed by atoms with Crippen LogP contribution in [0.3, 0.4) is 0 Å². The predicted molar refractivity (Wildman–Crippen MR) is 116 cm³/mol. The summed E-state index contributed by atoms with van der Waals surface area (Å²) in [6.45, 7) is 5.43. The molecule has 152 valence electrons. The number of thioether (sulfide) groups is 1. The molecule has 2 N–H and O–H groups in total. The number of rotatable bonds is 6. The molecule has 10 heteroatoms. The molecule has 0 saturated carbocycles. The number of fused-ring (bicyclic) bond motifs is 1. The summed E-state index contributed by atoms with van der Waals surface area (Å²) in [5, 5.41) is 14.3. The highest BCUT2D eigenvalue weighted by atomic mass is 35.5. The quantitative estimate of drug-likeness (QED) is 0.554. The highest BCUT2D eigenvalue weighted by Crippen LogP contribution is 2.27. The lowest BCUT2D eigenvalue weighted by molar-refractivity contribution is -0.123. The lowest BCUT2D eigenvalue weighted by atomic mass is 10.1. The number of benzene rings is 1. The van der Waals surface area contributed by atoms with Crippen LogP contribution in [0.15, 0.2) is 35.6 Å². The molecule has 0 saturated heterocycles. The number of aromatic nitrogens is 3. The number of para-hydroxylation sites is 1. The van der Waals surface area contributed by atoms with Crippen molar-refractivity contribution in [2.45, 2.75) is 31.2 Å². The normalized spacial score (nSPS) is 12.0. The number of nitrogens with zero attached hydrogens (tertiary/aromatic N) is 3. The summed E-state index contributed by atoms with van der Waals surface area (Å²) in [7, 11) is 0. The number of amides is 2. The molecular formula is C19H19Cl2N5O2S.